The van der Waals surface area contributed by atoms with Crippen LogP contribution in [0.5, 0.6) is 0 Å². The minimum Gasteiger partial charge on any atom is -0.477 e. The van der Waals surface area contributed by atoms with Crippen LogP contribution in [-0.4, -0.2) is 75.3 Å². The molecule has 192 valence electrons. The van der Waals surface area contributed by atoms with E-state index < -0.39 is 11.4 Å². The first-order chi connectivity index (χ1) is 17.3. The molecule has 0 spiro atoms. The smallest absolute Gasteiger partial charge is 0.341 e. The van der Waals surface area contributed by atoms with Gasteiger partial charge in [-0.1, -0.05) is 0 Å². The number of ether oxygens (including phenoxy) is 2. The third-order valence-corrected chi connectivity index (χ3v) is 6.86. The molecule has 0 aromatic carbocycles. The van der Waals surface area contributed by atoms with E-state index in [9.17, 15) is 19.5 Å². The van der Waals surface area contributed by atoms with Crippen LogP contribution in [0.1, 0.15) is 36.2 Å². The van der Waals surface area contributed by atoms with E-state index in [2.05, 4.69) is 9.36 Å². The molecular weight excluding hydrogens is 486 g/mol. The number of fused-ring (bicyclic) bond motifs is 1. The Kier molecular flexibility index (Phi) is 8.07. The highest BCUT2D eigenvalue weighted by molar-refractivity contribution is 7.08. The molecular formula is C24H29N5O6S. The van der Waals surface area contributed by atoms with Crippen LogP contribution >= 0.6 is 11.5 Å². The lowest BCUT2D eigenvalue weighted by Crippen LogP contribution is -2.51. The predicted molar refractivity (Wildman–Crippen MR) is 134 cm³/mol. The Hall–Kier alpha value is -3.22. The molecule has 1 fully saturated rings. The van der Waals surface area contributed by atoms with E-state index in [1.165, 1.54) is 17.1 Å². The first kappa shape index (κ1) is 25.9. The van der Waals surface area contributed by atoms with Gasteiger partial charge in [-0.15, -0.1) is 0 Å². The normalized spacial score (nSPS) is 13.9. The number of carboxylic acids is 1. The Morgan fingerprint density at radius 2 is 1.92 bits per heavy atom. The van der Waals surface area contributed by atoms with Crippen molar-refractivity contribution >= 4 is 40.1 Å². The van der Waals surface area contributed by atoms with Gasteiger partial charge in [-0.3, -0.25) is 14.2 Å². The number of ketones is 1. The lowest BCUT2D eigenvalue weighted by Gasteiger charge is -2.40. The van der Waals surface area contributed by atoms with Crippen LogP contribution in [0.4, 0.5) is 5.82 Å². The maximum atomic E-state index is 12.9. The van der Waals surface area contributed by atoms with Gasteiger partial charge in [0.1, 0.15) is 23.5 Å². The van der Waals surface area contributed by atoms with Gasteiger partial charge in [0.2, 0.25) is 10.6 Å². The molecule has 1 N–H and O–H groups in total. The van der Waals surface area contributed by atoms with Crippen molar-refractivity contribution in [2.75, 3.05) is 44.4 Å². The summed E-state index contributed by atoms with van der Waals surface area (Å²) in [7, 11) is 0. The Morgan fingerprint density at radius 3 is 2.50 bits per heavy atom. The largest absolute Gasteiger partial charge is 0.477 e. The Morgan fingerprint density at radius 1 is 1.22 bits per heavy atom. The van der Waals surface area contributed by atoms with Gasteiger partial charge in [0, 0.05) is 56.4 Å². The van der Waals surface area contributed by atoms with Gasteiger partial charge in [-0.2, -0.15) is 4.37 Å². The molecule has 0 unspecified atom stereocenters. The fraction of sp³-hybridized carbons (Fsp3) is 0.500. The lowest BCUT2D eigenvalue weighted by molar-refractivity contribution is -0.125. The first-order valence-electron chi connectivity index (χ1n) is 11.8. The van der Waals surface area contributed by atoms with Crippen molar-refractivity contribution in [3.63, 3.8) is 0 Å². The van der Waals surface area contributed by atoms with Crippen molar-refractivity contribution in [2.45, 2.75) is 27.2 Å². The molecule has 0 atom stereocenters. The summed E-state index contributed by atoms with van der Waals surface area (Å²) in [4.78, 5) is 48.4. The second-order valence-corrected chi connectivity index (χ2v) is 9.48. The summed E-state index contributed by atoms with van der Waals surface area (Å²) >= 11 is 1.07. The molecule has 0 saturated carbocycles. The maximum absolute atomic E-state index is 12.9. The zero-order chi connectivity index (χ0) is 25.8. The van der Waals surface area contributed by atoms with Gasteiger partial charge in [0.25, 0.3) is 0 Å². The zero-order valence-electron chi connectivity index (χ0n) is 20.5. The molecule has 11 nitrogen and oxygen atoms in total. The second-order valence-electron chi connectivity index (χ2n) is 8.72. The first-order valence-corrected chi connectivity index (χ1v) is 12.6. The average Bonchev–Trinajstić information content (AvgIpc) is 3.34. The fourth-order valence-electron chi connectivity index (χ4n) is 4.27. The number of carbonyl (C=O) groups is 2. The number of anilines is 1. The summed E-state index contributed by atoms with van der Waals surface area (Å²) in [6.45, 7) is 8.81. The molecule has 12 heteroatoms. The van der Waals surface area contributed by atoms with Crippen molar-refractivity contribution in [1.29, 1.82) is 0 Å². The van der Waals surface area contributed by atoms with E-state index in [-0.39, 0.29) is 28.6 Å². The molecule has 3 aromatic heterocycles. The number of hydrogen-bond acceptors (Lipinski definition) is 10. The molecule has 0 amide bonds. The van der Waals surface area contributed by atoms with Gasteiger partial charge >= 0.3 is 5.97 Å². The zero-order valence-corrected chi connectivity index (χ0v) is 21.3. The number of hydrogen-bond donors (Lipinski definition) is 1. The minimum absolute atomic E-state index is 0.0252. The minimum atomic E-state index is -1.32. The summed E-state index contributed by atoms with van der Waals surface area (Å²) in [5.74, 6) is -0.625. The number of aromatic carboxylic acids is 1. The molecule has 1 aliphatic heterocycles. The highest BCUT2D eigenvalue weighted by Gasteiger charge is 2.35. The Labute approximate surface area is 211 Å². The number of pyridine rings is 2. The third kappa shape index (κ3) is 5.30. The summed E-state index contributed by atoms with van der Waals surface area (Å²) in [5, 5.41) is 10.2. The van der Waals surface area contributed by atoms with Crippen LogP contribution in [0.2, 0.25) is 0 Å². The van der Waals surface area contributed by atoms with Gasteiger partial charge in [-0.25, -0.2) is 14.8 Å². The van der Waals surface area contributed by atoms with E-state index in [4.69, 9.17) is 14.5 Å². The maximum Gasteiger partial charge on any atom is 0.341 e. The molecule has 3 aromatic rings. The monoisotopic (exact) mass is 515 g/mol. The Bertz CT molecular complexity index is 1290. The number of aromatic nitrogens is 4. The number of nitrogens with zero attached hydrogens (tertiary/aromatic N) is 5. The summed E-state index contributed by atoms with van der Waals surface area (Å²) < 4.78 is 16.5. The molecule has 0 bridgehead atoms. The van der Waals surface area contributed by atoms with E-state index in [1.807, 2.05) is 18.7 Å². The van der Waals surface area contributed by atoms with Crippen LogP contribution in [0.3, 0.4) is 0 Å². The van der Waals surface area contributed by atoms with E-state index in [1.54, 1.807) is 13.0 Å². The fourth-order valence-corrected chi connectivity index (χ4v) is 4.78. The highest BCUT2D eigenvalue weighted by Crippen LogP contribution is 2.29. The second kappa shape index (κ2) is 11.2. The number of Topliss-reactive ketones (excluding diaryl/α,β-unsaturated/α-hetero) is 1. The summed E-state index contributed by atoms with van der Waals surface area (Å²) in [6.07, 6.45) is 3.00. The molecule has 0 aliphatic carbocycles. The molecule has 4 heterocycles. The van der Waals surface area contributed by atoms with Crippen LogP contribution in [-0.2, 0) is 14.3 Å². The number of aryl methyl sites for hydroxylation is 1. The highest BCUT2D eigenvalue weighted by atomic mass is 32.1. The summed E-state index contributed by atoms with van der Waals surface area (Å²) in [5.41, 5.74) is -0.0515. The van der Waals surface area contributed by atoms with Crippen LogP contribution in [0.25, 0.3) is 16.2 Å². The van der Waals surface area contributed by atoms with Crippen molar-refractivity contribution in [2.24, 2.45) is 11.8 Å². The number of carbonyl (C=O) groups excluding carboxylic acids is 1. The molecule has 1 saturated heterocycles. The van der Waals surface area contributed by atoms with Gasteiger partial charge in [0.15, 0.2) is 5.65 Å². The van der Waals surface area contributed by atoms with Crippen molar-refractivity contribution < 1.29 is 24.2 Å². The van der Waals surface area contributed by atoms with E-state index >= 15 is 0 Å². The predicted octanol–water partition coefficient (Wildman–Crippen LogP) is 2.33. The Balaban J connectivity index is 1.57. The van der Waals surface area contributed by atoms with Crippen LogP contribution in [0.15, 0.2) is 23.4 Å². The van der Waals surface area contributed by atoms with Gasteiger partial charge in [-0.05, 0) is 32.4 Å². The molecule has 1 aliphatic rings. The van der Waals surface area contributed by atoms with E-state index in [0.29, 0.717) is 68.1 Å². The SMILES string of the molecule is CCOCC(COCC)CC(=O)C1CN(c2cc(C)c3c(=O)c(C(=O)O)cn(-c4ncns4)c3n2)C1. The molecule has 0 radical (unpaired) electrons. The number of carboxylic acid groups (broad SMARTS) is 1. The van der Waals surface area contributed by atoms with Crippen molar-refractivity contribution in [1.82, 2.24) is 18.9 Å². The van der Waals surface area contributed by atoms with Crippen molar-refractivity contribution in [3.8, 4) is 5.13 Å². The van der Waals surface area contributed by atoms with Crippen LogP contribution < -0.4 is 10.3 Å². The lowest BCUT2D eigenvalue weighted by atomic mass is 9.89. The van der Waals surface area contributed by atoms with Crippen LogP contribution in [0, 0.1) is 18.8 Å². The molecule has 4 rings (SSSR count). The average molecular weight is 516 g/mol. The van der Waals surface area contributed by atoms with E-state index in [0.717, 1.165) is 11.5 Å². The van der Waals surface area contributed by atoms with Gasteiger partial charge < -0.3 is 19.5 Å². The topological polar surface area (TPSA) is 137 Å². The molecule has 36 heavy (non-hydrogen) atoms. The summed E-state index contributed by atoms with van der Waals surface area (Å²) in [6, 6.07) is 1.76. The third-order valence-electron chi connectivity index (χ3n) is 6.19. The van der Waals surface area contributed by atoms with Crippen molar-refractivity contribution in [3.05, 3.63) is 39.9 Å². The van der Waals surface area contributed by atoms with Gasteiger partial charge in [0.05, 0.1) is 24.5 Å². The quantitative estimate of drug-likeness (QED) is 0.383. The number of rotatable bonds is 12. The standard InChI is InChI=1S/C24H29N5O6S/c1-4-34-11-15(12-35-5-2)7-18(30)16-8-28(9-16)19-6-14(3)20-21(31)17(23(32)33)10-29(22(20)27-19)24-25-13-26-36-24/h6,10,13,15-16H,4-5,7-9,11-12H2,1-3H3,(H,32,33).